The van der Waals surface area contributed by atoms with Gasteiger partial charge in [-0.05, 0) is 27.0 Å². The molecule has 0 aliphatic rings. The molecule has 0 fully saturated rings. The summed E-state index contributed by atoms with van der Waals surface area (Å²) in [4.78, 5) is 14.1. The van der Waals surface area contributed by atoms with E-state index in [1.165, 1.54) is 4.70 Å². The Hall–Kier alpha value is -1.39. The Labute approximate surface area is 111 Å². The van der Waals surface area contributed by atoms with Gasteiger partial charge < -0.3 is 10.2 Å². The summed E-state index contributed by atoms with van der Waals surface area (Å²) in [5, 5.41) is 6.21. The van der Waals surface area contributed by atoms with Crippen LogP contribution in [0.3, 0.4) is 0 Å². The van der Waals surface area contributed by atoms with E-state index in [1.54, 1.807) is 23.3 Å². The Balaban J connectivity index is 2.40. The van der Waals surface area contributed by atoms with Gasteiger partial charge in [-0.3, -0.25) is 4.79 Å². The number of benzene rings is 1. The molecule has 0 bridgehead atoms. The quantitative estimate of drug-likeness (QED) is 0.922. The molecule has 0 unspecified atom stereocenters. The highest BCUT2D eigenvalue weighted by Gasteiger charge is 2.29. The van der Waals surface area contributed by atoms with E-state index in [4.69, 9.17) is 0 Å². The van der Waals surface area contributed by atoms with Crippen molar-refractivity contribution in [2.75, 3.05) is 19.0 Å². The summed E-state index contributed by atoms with van der Waals surface area (Å²) in [5.74, 6) is 0.0635. The molecule has 0 aliphatic heterocycles. The number of amides is 1. The van der Waals surface area contributed by atoms with Gasteiger partial charge in [-0.15, -0.1) is 11.3 Å². The minimum atomic E-state index is -0.558. The molecule has 1 N–H and O–H groups in total. The maximum Gasteiger partial charge on any atom is 0.246 e. The largest absolute Gasteiger partial charge is 0.312 e. The fourth-order valence-corrected chi connectivity index (χ4v) is 2.84. The van der Waals surface area contributed by atoms with Crippen LogP contribution in [0.1, 0.15) is 13.8 Å². The summed E-state index contributed by atoms with van der Waals surface area (Å²) in [6, 6.07) is 8.14. The highest BCUT2D eigenvalue weighted by atomic mass is 32.1. The molecule has 0 spiro atoms. The molecule has 18 heavy (non-hydrogen) atoms. The number of nitrogens with one attached hydrogen (secondary N) is 1. The number of carbonyl (C=O) groups excluding carboxylic acids is 1. The van der Waals surface area contributed by atoms with Crippen LogP contribution in [0, 0.1) is 0 Å². The van der Waals surface area contributed by atoms with Gasteiger partial charge in [-0.1, -0.05) is 18.2 Å². The van der Waals surface area contributed by atoms with E-state index < -0.39 is 5.54 Å². The van der Waals surface area contributed by atoms with E-state index in [9.17, 15) is 4.79 Å². The molecule has 3 nitrogen and oxygen atoms in total. The van der Waals surface area contributed by atoms with Gasteiger partial charge in [0.1, 0.15) is 0 Å². The lowest BCUT2D eigenvalue weighted by Crippen LogP contribution is -2.51. The van der Waals surface area contributed by atoms with Crippen molar-refractivity contribution in [1.29, 1.82) is 0 Å². The molecule has 4 heteroatoms. The third kappa shape index (κ3) is 2.13. The summed E-state index contributed by atoms with van der Waals surface area (Å²) in [6.07, 6.45) is 0. The first kappa shape index (κ1) is 13.1. The molecule has 0 radical (unpaired) electrons. The van der Waals surface area contributed by atoms with Crippen molar-refractivity contribution in [3.05, 3.63) is 29.6 Å². The molecule has 0 saturated carbocycles. The molecule has 96 valence electrons. The Morgan fingerprint density at radius 1 is 1.33 bits per heavy atom. The molecule has 1 amide bonds. The van der Waals surface area contributed by atoms with E-state index in [0.717, 1.165) is 11.1 Å². The smallest absolute Gasteiger partial charge is 0.246 e. The lowest BCUT2D eigenvalue weighted by atomic mass is 10.0. The van der Waals surface area contributed by atoms with Crippen molar-refractivity contribution in [2.24, 2.45) is 0 Å². The number of anilines is 1. The molecular formula is C14H18N2OS. The zero-order chi connectivity index (χ0) is 13.3. The number of hydrogen-bond acceptors (Lipinski definition) is 3. The van der Waals surface area contributed by atoms with Crippen molar-refractivity contribution in [1.82, 2.24) is 5.32 Å². The number of fused-ring (bicyclic) bond motifs is 1. The van der Waals surface area contributed by atoms with Crippen LogP contribution >= 0.6 is 11.3 Å². The van der Waals surface area contributed by atoms with Crippen molar-refractivity contribution in [3.63, 3.8) is 0 Å². The summed E-state index contributed by atoms with van der Waals surface area (Å²) < 4.78 is 1.20. The first-order valence-electron chi connectivity index (χ1n) is 5.90. The van der Waals surface area contributed by atoms with Gasteiger partial charge in [-0.2, -0.15) is 0 Å². The summed E-state index contributed by atoms with van der Waals surface area (Å²) in [6.45, 7) is 3.78. The van der Waals surface area contributed by atoms with E-state index in [1.807, 2.05) is 38.4 Å². The van der Waals surface area contributed by atoms with Crippen LogP contribution in [0.5, 0.6) is 0 Å². The zero-order valence-corrected chi connectivity index (χ0v) is 12.0. The number of carbonyl (C=O) groups is 1. The molecular weight excluding hydrogens is 244 g/mol. The van der Waals surface area contributed by atoms with Crippen LogP contribution in [0.25, 0.3) is 10.1 Å². The second-order valence-corrected chi connectivity index (χ2v) is 5.77. The standard InChI is InChI=1S/C14H18N2OS/c1-14(2,15-3)13(17)16(4)11-9-18-12-8-6-5-7-10(11)12/h5-9,15H,1-4H3. The lowest BCUT2D eigenvalue weighted by Gasteiger charge is -2.28. The predicted octanol–water partition coefficient (Wildman–Crippen LogP) is 2.86. The first-order chi connectivity index (χ1) is 8.47. The van der Waals surface area contributed by atoms with Crippen LogP contribution in [-0.2, 0) is 4.79 Å². The average Bonchev–Trinajstić information content (AvgIpc) is 2.80. The fraction of sp³-hybridized carbons (Fsp3) is 0.357. The highest BCUT2D eigenvalue weighted by molar-refractivity contribution is 7.17. The van der Waals surface area contributed by atoms with Crippen molar-refractivity contribution < 1.29 is 4.79 Å². The van der Waals surface area contributed by atoms with Gasteiger partial charge in [0.25, 0.3) is 0 Å². The van der Waals surface area contributed by atoms with Gasteiger partial charge in [0.2, 0.25) is 5.91 Å². The Morgan fingerprint density at radius 2 is 2.00 bits per heavy atom. The molecule has 2 aromatic rings. The molecule has 1 aromatic carbocycles. The third-order valence-corrected chi connectivity index (χ3v) is 4.24. The van der Waals surface area contributed by atoms with E-state index in [0.29, 0.717) is 0 Å². The SMILES string of the molecule is CNC(C)(C)C(=O)N(C)c1csc2ccccc12. The molecule has 0 saturated heterocycles. The topological polar surface area (TPSA) is 32.3 Å². The first-order valence-corrected chi connectivity index (χ1v) is 6.78. The van der Waals surface area contributed by atoms with Crippen LogP contribution in [0.2, 0.25) is 0 Å². The second-order valence-electron chi connectivity index (χ2n) is 4.86. The minimum Gasteiger partial charge on any atom is -0.312 e. The highest BCUT2D eigenvalue weighted by Crippen LogP contribution is 2.32. The molecule has 0 atom stereocenters. The zero-order valence-electron chi connectivity index (χ0n) is 11.2. The number of rotatable bonds is 3. The maximum atomic E-state index is 12.4. The van der Waals surface area contributed by atoms with Crippen LogP contribution in [0.15, 0.2) is 29.6 Å². The van der Waals surface area contributed by atoms with Gasteiger partial charge >= 0.3 is 0 Å². The van der Waals surface area contributed by atoms with Gasteiger partial charge in [0.05, 0.1) is 11.2 Å². The van der Waals surface area contributed by atoms with Gasteiger partial charge in [0.15, 0.2) is 0 Å². The molecule has 0 aliphatic carbocycles. The normalized spacial score (nSPS) is 11.8. The number of hydrogen-bond donors (Lipinski definition) is 1. The molecule has 2 rings (SSSR count). The monoisotopic (exact) mass is 262 g/mol. The van der Waals surface area contributed by atoms with Crippen LogP contribution < -0.4 is 10.2 Å². The van der Waals surface area contributed by atoms with E-state index >= 15 is 0 Å². The Bertz CT molecular complexity index is 574. The number of thiophene rings is 1. The molecule has 1 aromatic heterocycles. The van der Waals surface area contributed by atoms with E-state index in [-0.39, 0.29) is 5.91 Å². The Morgan fingerprint density at radius 3 is 2.67 bits per heavy atom. The van der Waals surface area contributed by atoms with Crippen LogP contribution in [-0.4, -0.2) is 25.5 Å². The van der Waals surface area contributed by atoms with Crippen molar-refractivity contribution in [3.8, 4) is 0 Å². The predicted molar refractivity (Wildman–Crippen MR) is 78.4 cm³/mol. The van der Waals surface area contributed by atoms with Crippen LogP contribution in [0.4, 0.5) is 5.69 Å². The van der Waals surface area contributed by atoms with Gasteiger partial charge in [0, 0.05) is 22.5 Å². The summed E-state index contributed by atoms with van der Waals surface area (Å²) in [5.41, 5.74) is 0.418. The number of likely N-dealkylation sites (N-methyl/N-ethyl adjacent to an activating group) is 2. The lowest BCUT2D eigenvalue weighted by molar-refractivity contribution is -0.123. The van der Waals surface area contributed by atoms with Gasteiger partial charge in [-0.25, -0.2) is 0 Å². The third-order valence-electron chi connectivity index (χ3n) is 3.29. The maximum absolute atomic E-state index is 12.4. The number of nitrogens with zero attached hydrogens (tertiary/aromatic N) is 1. The summed E-state index contributed by atoms with van der Waals surface area (Å²) in [7, 11) is 3.63. The fourth-order valence-electron chi connectivity index (χ4n) is 1.86. The second kappa shape index (κ2) is 4.71. The summed E-state index contributed by atoms with van der Waals surface area (Å²) >= 11 is 1.66. The van der Waals surface area contributed by atoms with E-state index in [2.05, 4.69) is 17.4 Å². The minimum absolute atomic E-state index is 0.0635. The Kier molecular flexibility index (Phi) is 3.41. The molecule has 1 heterocycles. The average molecular weight is 262 g/mol. The van der Waals surface area contributed by atoms with Crippen molar-refractivity contribution >= 4 is 33.0 Å². The van der Waals surface area contributed by atoms with Crippen molar-refractivity contribution in [2.45, 2.75) is 19.4 Å².